The van der Waals surface area contributed by atoms with E-state index in [1.807, 2.05) is 0 Å². The van der Waals surface area contributed by atoms with Gasteiger partial charge >= 0.3 is 0 Å². The van der Waals surface area contributed by atoms with Crippen LogP contribution >= 0.6 is 0 Å². The Morgan fingerprint density at radius 3 is 1.68 bits per heavy atom. The molecule has 2 unspecified atom stereocenters. The summed E-state index contributed by atoms with van der Waals surface area (Å²) in [4.78, 5) is 2.94. The summed E-state index contributed by atoms with van der Waals surface area (Å²) in [6.07, 6.45) is 9.24. The lowest BCUT2D eigenvalue weighted by atomic mass is 9.71. The van der Waals surface area contributed by atoms with Gasteiger partial charge < -0.3 is 4.90 Å². The molecule has 0 amide bonds. The summed E-state index contributed by atoms with van der Waals surface area (Å²) in [5.74, 6) is 4.14. The first-order chi connectivity index (χ1) is 9.40. The molecule has 0 aromatic heterocycles. The Hall–Kier alpha value is -0.980. The molecular weight excluding hydrogens is 230 g/mol. The fourth-order valence-electron chi connectivity index (χ4n) is 7.70. The molecular formula is C18H21N. The van der Waals surface area contributed by atoms with E-state index < -0.39 is 0 Å². The number of fused-ring (bicyclic) bond motifs is 4. The predicted octanol–water partition coefficient (Wildman–Crippen LogP) is 3.84. The van der Waals surface area contributed by atoms with Crippen LogP contribution in [0.5, 0.6) is 0 Å². The number of rotatable bonds is 1. The zero-order chi connectivity index (χ0) is 12.2. The molecule has 0 radical (unpaired) electrons. The number of piperidine rings is 2. The summed E-state index contributed by atoms with van der Waals surface area (Å²) in [7, 11) is 0. The van der Waals surface area contributed by atoms with E-state index in [4.69, 9.17) is 0 Å². The van der Waals surface area contributed by atoms with Crippen LogP contribution in [0.3, 0.4) is 0 Å². The molecule has 1 aromatic carbocycles. The molecule has 1 heteroatoms. The van der Waals surface area contributed by atoms with Crippen LogP contribution in [0, 0.1) is 23.7 Å². The Morgan fingerprint density at radius 2 is 1.21 bits per heavy atom. The number of benzene rings is 1. The minimum Gasteiger partial charge on any atom is -0.354 e. The van der Waals surface area contributed by atoms with Gasteiger partial charge in [0.15, 0.2) is 0 Å². The second-order valence-electron chi connectivity index (χ2n) is 7.74. The van der Waals surface area contributed by atoms with E-state index in [-0.39, 0.29) is 0 Å². The fraction of sp³-hybridized carbons (Fsp3) is 0.667. The molecule has 4 aliphatic carbocycles. The van der Waals surface area contributed by atoms with Crippen molar-refractivity contribution in [1.29, 1.82) is 0 Å². The monoisotopic (exact) mass is 251 g/mol. The average molecular weight is 251 g/mol. The third-order valence-electron chi connectivity index (χ3n) is 7.70. The van der Waals surface area contributed by atoms with Gasteiger partial charge in [0.2, 0.25) is 0 Å². The van der Waals surface area contributed by atoms with Crippen molar-refractivity contribution in [2.24, 2.45) is 23.7 Å². The highest BCUT2D eigenvalue weighted by atomic mass is 15.5. The molecule has 98 valence electrons. The summed E-state index contributed by atoms with van der Waals surface area (Å²) in [6.45, 7) is 0. The normalized spacial score (nSPS) is 55.5. The van der Waals surface area contributed by atoms with Crippen LogP contribution in [0.2, 0.25) is 0 Å². The van der Waals surface area contributed by atoms with Crippen molar-refractivity contribution in [3.63, 3.8) is 0 Å². The Kier molecular flexibility index (Phi) is 1.41. The highest BCUT2D eigenvalue weighted by molar-refractivity contribution is 5.72. The van der Waals surface area contributed by atoms with Crippen LogP contribution in [0.15, 0.2) is 30.3 Å². The molecule has 1 aromatic rings. The predicted molar refractivity (Wildman–Crippen MR) is 76.0 cm³/mol. The number of para-hydroxylation sites is 1. The first-order valence-corrected chi connectivity index (χ1v) is 8.25. The van der Waals surface area contributed by atoms with Gasteiger partial charge in [0, 0.05) is 5.69 Å². The minimum atomic E-state index is 0.639. The van der Waals surface area contributed by atoms with Gasteiger partial charge in [-0.25, -0.2) is 0 Å². The quantitative estimate of drug-likeness (QED) is 0.685. The third-order valence-corrected chi connectivity index (χ3v) is 7.70. The van der Waals surface area contributed by atoms with Gasteiger partial charge in [-0.3, -0.25) is 0 Å². The van der Waals surface area contributed by atoms with Gasteiger partial charge in [-0.15, -0.1) is 0 Å². The molecule has 1 aliphatic heterocycles. The van der Waals surface area contributed by atoms with Crippen LogP contribution in [0.1, 0.15) is 38.5 Å². The Morgan fingerprint density at radius 1 is 0.737 bits per heavy atom. The molecule has 0 N–H and O–H groups in total. The average Bonchev–Trinajstić information content (AvgIpc) is 2.98. The van der Waals surface area contributed by atoms with Crippen molar-refractivity contribution in [3.8, 4) is 0 Å². The standard InChI is InChI=1S/C18H21N/c1-2-4-16(5-3-1)19-17-12-6-7-13(10-12)18(17,19)15-9-8-14(17)11-15/h1-5,12-15H,6-11H2/t12-,13-,14+,15+,17?,18?,19?. The third kappa shape index (κ3) is 0.740. The smallest absolute Gasteiger partial charge is 0.0702 e. The van der Waals surface area contributed by atoms with Crippen LogP contribution in [-0.2, 0) is 0 Å². The summed E-state index contributed by atoms with van der Waals surface area (Å²) in [6, 6.07) is 11.4. The maximum atomic E-state index is 2.94. The maximum absolute atomic E-state index is 2.94. The van der Waals surface area contributed by atoms with E-state index in [0.717, 1.165) is 23.7 Å². The van der Waals surface area contributed by atoms with Crippen molar-refractivity contribution in [2.45, 2.75) is 49.6 Å². The largest absolute Gasteiger partial charge is 0.354 e. The van der Waals surface area contributed by atoms with Gasteiger partial charge in [-0.05, 0) is 74.3 Å². The molecule has 6 rings (SSSR count). The van der Waals surface area contributed by atoms with Crippen molar-refractivity contribution in [2.75, 3.05) is 4.90 Å². The van der Waals surface area contributed by atoms with Gasteiger partial charge in [-0.1, -0.05) is 18.2 Å². The minimum absolute atomic E-state index is 0.639. The summed E-state index contributed by atoms with van der Waals surface area (Å²) < 4.78 is 0. The molecule has 1 heterocycles. The highest BCUT2D eigenvalue weighted by Gasteiger charge is 2.93. The zero-order valence-electron chi connectivity index (χ0n) is 11.4. The second-order valence-corrected chi connectivity index (χ2v) is 7.74. The van der Waals surface area contributed by atoms with E-state index in [1.165, 1.54) is 31.4 Å². The van der Waals surface area contributed by atoms with Crippen molar-refractivity contribution in [1.82, 2.24) is 0 Å². The lowest BCUT2D eigenvalue weighted by Gasteiger charge is -2.29. The van der Waals surface area contributed by atoms with Crippen LogP contribution in [0.4, 0.5) is 5.69 Å². The Balaban J connectivity index is 1.59. The summed E-state index contributed by atoms with van der Waals surface area (Å²) >= 11 is 0. The lowest BCUT2D eigenvalue weighted by Crippen LogP contribution is -2.37. The van der Waals surface area contributed by atoms with Crippen LogP contribution in [-0.4, -0.2) is 11.1 Å². The van der Waals surface area contributed by atoms with Crippen LogP contribution < -0.4 is 4.90 Å². The Bertz CT molecular complexity index is 510. The maximum Gasteiger partial charge on any atom is 0.0702 e. The topological polar surface area (TPSA) is 3.01 Å². The molecule has 1 saturated heterocycles. The Labute approximate surface area is 115 Å². The second kappa shape index (κ2) is 2.73. The van der Waals surface area contributed by atoms with Crippen molar-refractivity contribution >= 4 is 5.69 Å². The lowest BCUT2D eigenvalue weighted by molar-refractivity contribution is 0.265. The summed E-state index contributed by atoms with van der Waals surface area (Å²) in [5.41, 5.74) is 2.82. The van der Waals surface area contributed by atoms with E-state index >= 15 is 0 Å². The number of anilines is 1. The molecule has 5 fully saturated rings. The first-order valence-electron chi connectivity index (χ1n) is 8.25. The van der Waals surface area contributed by atoms with Gasteiger partial charge in [-0.2, -0.15) is 0 Å². The molecule has 0 spiro atoms. The van der Waals surface area contributed by atoms with Crippen LogP contribution in [0.25, 0.3) is 0 Å². The molecule has 5 aliphatic rings. The SMILES string of the molecule is c1ccc(N2C34[C@@H]5CC[C@H](C5)C23[C@H]2CC[C@H]4C2)cc1. The molecule has 19 heavy (non-hydrogen) atoms. The van der Waals surface area contributed by atoms with E-state index in [1.54, 1.807) is 12.8 Å². The van der Waals surface area contributed by atoms with Gasteiger partial charge in [0.25, 0.3) is 0 Å². The molecule has 1 nitrogen and oxygen atoms in total. The van der Waals surface area contributed by atoms with E-state index in [9.17, 15) is 0 Å². The van der Waals surface area contributed by atoms with Gasteiger partial charge in [0.05, 0.1) is 11.1 Å². The van der Waals surface area contributed by atoms with Crippen molar-refractivity contribution in [3.05, 3.63) is 30.3 Å². The number of hydrogen-bond donors (Lipinski definition) is 0. The zero-order valence-corrected chi connectivity index (χ0v) is 11.4. The number of nitrogens with zero attached hydrogens (tertiary/aromatic N) is 1. The van der Waals surface area contributed by atoms with Crippen molar-refractivity contribution < 1.29 is 0 Å². The van der Waals surface area contributed by atoms with Gasteiger partial charge in [0.1, 0.15) is 0 Å². The number of hydrogen-bond acceptors (Lipinski definition) is 1. The fourth-order valence-corrected chi connectivity index (χ4v) is 7.70. The molecule has 4 saturated carbocycles. The summed E-state index contributed by atoms with van der Waals surface area (Å²) in [5, 5.41) is 0. The first kappa shape index (κ1) is 9.85. The van der Waals surface area contributed by atoms with E-state index in [0.29, 0.717) is 11.1 Å². The highest BCUT2D eigenvalue weighted by Crippen LogP contribution is 2.85. The van der Waals surface area contributed by atoms with E-state index in [2.05, 4.69) is 35.2 Å². The molecule has 4 bridgehead atoms. The molecule has 6 atom stereocenters.